The molecule has 9 nitrogen and oxygen atoms in total. The summed E-state index contributed by atoms with van der Waals surface area (Å²) in [5, 5.41) is 4.33. The molecule has 0 saturated heterocycles. The van der Waals surface area contributed by atoms with Gasteiger partial charge < -0.3 is 14.2 Å². The number of benzene rings is 2. The van der Waals surface area contributed by atoms with E-state index in [-0.39, 0.29) is 39.2 Å². The highest BCUT2D eigenvalue weighted by Gasteiger charge is 2.28. The van der Waals surface area contributed by atoms with Crippen molar-refractivity contribution < 1.29 is 36.2 Å². The summed E-state index contributed by atoms with van der Waals surface area (Å²) in [4.78, 5) is 12.3. The largest absolute Gasteiger partial charge is 0.494 e. The van der Waals surface area contributed by atoms with Crippen LogP contribution in [0.2, 0.25) is 0 Å². The smallest absolute Gasteiger partial charge is 0.338 e. The zero-order chi connectivity index (χ0) is 24.6. The number of carbonyl (C=O) groups is 1. The van der Waals surface area contributed by atoms with Gasteiger partial charge in [-0.1, -0.05) is 0 Å². The maximum Gasteiger partial charge on any atom is 0.338 e. The molecule has 0 spiro atoms. The third-order valence-electron chi connectivity index (χ3n) is 5.03. The number of ether oxygens (including phenoxy) is 3. The van der Waals surface area contributed by atoms with Crippen molar-refractivity contribution in [2.24, 2.45) is 0 Å². The Morgan fingerprint density at radius 1 is 1.18 bits per heavy atom. The highest BCUT2D eigenvalue weighted by Crippen LogP contribution is 2.37. The van der Waals surface area contributed by atoms with E-state index in [0.717, 1.165) is 12.1 Å². The highest BCUT2D eigenvalue weighted by atomic mass is 79.9. The Labute approximate surface area is 201 Å². The van der Waals surface area contributed by atoms with Gasteiger partial charge in [0.15, 0.2) is 5.75 Å². The minimum absolute atomic E-state index is 0.106. The van der Waals surface area contributed by atoms with Crippen molar-refractivity contribution in [3.8, 4) is 16.9 Å². The fourth-order valence-corrected chi connectivity index (χ4v) is 5.46. The molecule has 2 aromatic carbocycles. The van der Waals surface area contributed by atoms with Crippen LogP contribution in [-0.2, 0) is 32.6 Å². The van der Waals surface area contributed by atoms with Gasteiger partial charge in [0.25, 0.3) is 10.0 Å². The predicted octanol–water partition coefficient (Wildman–Crippen LogP) is 3.72. The lowest BCUT2D eigenvalue weighted by molar-refractivity contribution is 0.0467. The summed E-state index contributed by atoms with van der Waals surface area (Å²) < 4.78 is 75.1. The van der Waals surface area contributed by atoms with Gasteiger partial charge in [-0.25, -0.2) is 22.0 Å². The van der Waals surface area contributed by atoms with E-state index in [9.17, 15) is 22.0 Å². The zero-order valence-electron chi connectivity index (χ0n) is 17.9. The van der Waals surface area contributed by atoms with Crippen molar-refractivity contribution in [2.45, 2.75) is 18.0 Å². The second-order valence-corrected chi connectivity index (χ2v) is 9.73. The molecular formula is C21H18BrF2N3O6S. The summed E-state index contributed by atoms with van der Waals surface area (Å²) in [6.45, 7) is 0.272. The van der Waals surface area contributed by atoms with Crippen molar-refractivity contribution in [1.82, 2.24) is 9.78 Å². The van der Waals surface area contributed by atoms with Crippen LogP contribution in [0, 0.1) is 11.6 Å². The molecule has 1 N–H and O–H groups in total. The van der Waals surface area contributed by atoms with E-state index in [1.54, 1.807) is 0 Å². The van der Waals surface area contributed by atoms with Crippen LogP contribution in [-0.4, -0.2) is 45.0 Å². The number of nitrogens with zero attached hydrogens (tertiary/aromatic N) is 2. The van der Waals surface area contributed by atoms with Crippen LogP contribution in [0.4, 0.5) is 14.5 Å². The van der Waals surface area contributed by atoms with E-state index in [4.69, 9.17) is 14.2 Å². The number of anilines is 1. The topological polar surface area (TPSA) is 109 Å². The van der Waals surface area contributed by atoms with Crippen LogP contribution in [0.3, 0.4) is 0 Å². The summed E-state index contributed by atoms with van der Waals surface area (Å²) >= 11 is 3.18. The molecule has 0 amide bonds. The minimum atomic E-state index is -4.48. The van der Waals surface area contributed by atoms with Gasteiger partial charge in [-0.2, -0.15) is 5.10 Å². The van der Waals surface area contributed by atoms with Gasteiger partial charge >= 0.3 is 5.97 Å². The van der Waals surface area contributed by atoms with Gasteiger partial charge in [0.05, 0.1) is 36.0 Å². The molecule has 1 aliphatic heterocycles. The van der Waals surface area contributed by atoms with Gasteiger partial charge in [-0.15, -0.1) is 0 Å². The lowest BCUT2D eigenvalue weighted by atomic mass is 10.0. The number of aromatic nitrogens is 2. The molecule has 0 aliphatic carbocycles. The first-order chi connectivity index (χ1) is 16.1. The van der Waals surface area contributed by atoms with Crippen molar-refractivity contribution in [1.29, 1.82) is 0 Å². The molecular weight excluding hydrogens is 540 g/mol. The molecule has 0 saturated carbocycles. The number of sulfonamides is 1. The van der Waals surface area contributed by atoms with Crippen molar-refractivity contribution in [3.05, 3.63) is 57.8 Å². The molecule has 180 valence electrons. The molecule has 0 unspecified atom stereocenters. The molecule has 3 aromatic rings. The monoisotopic (exact) mass is 557 g/mol. The molecule has 13 heteroatoms. The standard InChI is InChI=1S/C21H18BrF2N3O6S/c1-31-4-3-27-9-13-12-7-17(16(24)8-15(12)23)26-34(29,30)19-6-11(5-14(22)20(19)32-2)21(28)33-10-18(13)25-27/h5-9,26H,3-4,10H2,1-2H3. The average Bonchev–Trinajstić information content (AvgIpc) is 3.19. The molecule has 0 atom stereocenters. The summed E-state index contributed by atoms with van der Waals surface area (Å²) in [6, 6.07) is 3.97. The molecule has 2 heterocycles. The summed E-state index contributed by atoms with van der Waals surface area (Å²) in [5.74, 6) is -3.04. The number of halogens is 3. The molecule has 4 bridgehead atoms. The van der Waals surface area contributed by atoms with Gasteiger partial charge in [-0.3, -0.25) is 9.40 Å². The maximum atomic E-state index is 14.8. The summed E-state index contributed by atoms with van der Waals surface area (Å²) in [6.07, 6.45) is 1.48. The minimum Gasteiger partial charge on any atom is -0.494 e. The molecule has 0 fully saturated rings. The zero-order valence-corrected chi connectivity index (χ0v) is 20.3. The Morgan fingerprint density at radius 2 is 1.94 bits per heavy atom. The summed E-state index contributed by atoms with van der Waals surface area (Å²) in [5.41, 5.74) is -0.344. The van der Waals surface area contributed by atoms with Crippen molar-refractivity contribution in [2.75, 3.05) is 25.5 Å². The van der Waals surface area contributed by atoms with Crippen LogP contribution in [0.1, 0.15) is 16.1 Å². The van der Waals surface area contributed by atoms with Crippen molar-refractivity contribution in [3.63, 3.8) is 0 Å². The van der Waals surface area contributed by atoms with Gasteiger partial charge in [0.2, 0.25) is 0 Å². The normalized spacial score (nSPS) is 14.7. The predicted molar refractivity (Wildman–Crippen MR) is 120 cm³/mol. The maximum absolute atomic E-state index is 14.8. The van der Waals surface area contributed by atoms with Crippen LogP contribution >= 0.6 is 15.9 Å². The number of hydrogen-bond acceptors (Lipinski definition) is 7. The first-order valence-electron chi connectivity index (χ1n) is 9.76. The molecule has 34 heavy (non-hydrogen) atoms. The van der Waals surface area contributed by atoms with Gasteiger partial charge in [0, 0.05) is 30.5 Å². The summed E-state index contributed by atoms with van der Waals surface area (Å²) in [7, 11) is -1.74. The third kappa shape index (κ3) is 4.50. The third-order valence-corrected chi connectivity index (χ3v) is 6.99. The van der Waals surface area contributed by atoms with Crippen LogP contribution in [0.25, 0.3) is 11.1 Å². The fraction of sp³-hybridized carbons (Fsp3) is 0.238. The average molecular weight is 558 g/mol. The van der Waals surface area contributed by atoms with E-state index < -0.39 is 38.2 Å². The van der Waals surface area contributed by atoms with Gasteiger partial charge in [-0.05, 0) is 34.1 Å². The Morgan fingerprint density at radius 3 is 2.65 bits per heavy atom. The Bertz CT molecular complexity index is 1390. The Hall–Kier alpha value is -3.03. The number of esters is 1. The van der Waals surface area contributed by atoms with Gasteiger partial charge in [0.1, 0.15) is 28.8 Å². The lowest BCUT2D eigenvalue weighted by Gasteiger charge is -2.15. The van der Waals surface area contributed by atoms with E-state index >= 15 is 0 Å². The molecule has 0 radical (unpaired) electrons. The number of hydrogen-bond donors (Lipinski definition) is 1. The Kier molecular flexibility index (Phi) is 6.60. The number of rotatable bonds is 4. The lowest BCUT2D eigenvalue weighted by Crippen LogP contribution is -2.17. The number of fused-ring (bicyclic) bond motifs is 6. The second kappa shape index (κ2) is 9.31. The van der Waals surface area contributed by atoms with Crippen LogP contribution < -0.4 is 9.46 Å². The first kappa shape index (κ1) is 24.1. The Balaban J connectivity index is 1.95. The highest BCUT2D eigenvalue weighted by molar-refractivity contribution is 9.10. The fourth-order valence-electron chi connectivity index (χ4n) is 3.43. The quantitative estimate of drug-likeness (QED) is 0.487. The molecule has 1 aromatic heterocycles. The number of cyclic esters (lactones) is 1. The SMILES string of the molecule is COCCn1cc2c(n1)COC(=O)c1cc(Br)c(OC)c(c1)S(=O)(=O)Nc1cc-2c(F)cc1F. The number of carbonyl (C=O) groups excluding carboxylic acids is 1. The van der Waals surface area contributed by atoms with E-state index in [1.165, 1.54) is 31.2 Å². The number of methoxy groups -OCH3 is 2. The van der Waals surface area contributed by atoms with E-state index in [1.807, 2.05) is 0 Å². The molecule has 4 rings (SSSR count). The first-order valence-corrected chi connectivity index (χ1v) is 12.0. The van der Waals surface area contributed by atoms with Crippen LogP contribution in [0.15, 0.2) is 39.8 Å². The number of nitrogens with one attached hydrogen (secondary N) is 1. The van der Waals surface area contributed by atoms with Crippen molar-refractivity contribution >= 4 is 37.6 Å². The second-order valence-electron chi connectivity index (χ2n) is 7.23. The van der Waals surface area contributed by atoms with E-state index in [0.29, 0.717) is 19.2 Å². The van der Waals surface area contributed by atoms with E-state index in [2.05, 4.69) is 25.8 Å². The van der Waals surface area contributed by atoms with Crippen LogP contribution in [0.5, 0.6) is 5.75 Å². The molecule has 1 aliphatic rings.